The van der Waals surface area contributed by atoms with Crippen molar-refractivity contribution in [3.63, 3.8) is 0 Å². The van der Waals surface area contributed by atoms with Crippen molar-refractivity contribution in [1.82, 2.24) is 9.38 Å². The molecular weight excluding hydrogens is 312 g/mol. The molecule has 0 saturated heterocycles. The predicted molar refractivity (Wildman–Crippen MR) is 101 cm³/mol. The molecule has 0 fully saturated rings. The van der Waals surface area contributed by atoms with Gasteiger partial charge in [0.05, 0.1) is 23.2 Å². The van der Waals surface area contributed by atoms with Crippen LogP contribution in [0.4, 0.5) is 0 Å². The minimum atomic E-state index is -0.260. The van der Waals surface area contributed by atoms with Crippen LogP contribution in [0.3, 0.4) is 0 Å². The Morgan fingerprint density at radius 1 is 1.24 bits per heavy atom. The van der Waals surface area contributed by atoms with E-state index >= 15 is 0 Å². The molecule has 0 atom stereocenters. The molecule has 0 bridgehead atoms. The van der Waals surface area contributed by atoms with Gasteiger partial charge in [-0.05, 0) is 48.1 Å². The molecule has 2 heterocycles. The van der Waals surface area contributed by atoms with Gasteiger partial charge in [-0.2, -0.15) is 0 Å². The van der Waals surface area contributed by atoms with Gasteiger partial charge in [-0.3, -0.25) is 4.40 Å². The molecule has 4 nitrogen and oxygen atoms in total. The molecule has 0 radical (unpaired) electrons. The number of rotatable bonds is 4. The van der Waals surface area contributed by atoms with Crippen molar-refractivity contribution < 1.29 is 9.53 Å². The zero-order valence-electron chi connectivity index (χ0n) is 15.7. The number of imidazole rings is 1. The summed E-state index contributed by atoms with van der Waals surface area (Å²) in [5.74, 6) is -0.260. The van der Waals surface area contributed by atoms with Crippen LogP contribution in [-0.4, -0.2) is 22.0 Å². The molecule has 0 spiro atoms. The van der Waals surface area contributed by atoms with Crippen molar-refractivity contribution in [3.8, 4) is 0 Å². The number of benzene rings is 1. The molecule has 3 rings (SSSR count). The number of nitrogens with zero attached hydrogens (tertiary/aromatic N) is 2. The van der Waals surface area contributed by atoms with E-state index in [1.165, 1.54) is 5.56 Å². The third-order valence-corrected chi connectivity index (χ3v) is 4.45. The smallest absolute Gasteiger partial charge is 0.338 e. The van der Waals surface area contributed by atoms with E-state index in [1.807, 2.05) is 12.3 Å². The Kier molecular flexibility index (Phi) is 4.55. The van der Waals surface area contributed by atoms with Crippen LogP contribution in [-0.2, 0) is 10.2 Å². The maximum atomic E-state index is 12.6. The van der Waals surface area contributed by atoms with Gasteiger partial charge in [-0.1, -0.05) is 40.2 Å². The van der Waals surface area contributed by atoms with Crippen LogP contribution < -0.4 is 0 Å². The normalized spacial score (nSPS) is 12.0. The summed E-state index contributed by atoms with van der Waals surface area (Å²) in [6, 6.07) is 8.10. The van der Waals surface area contributed by atoms with Crippen molar-refractivity contribution in [2.24, 2.45) is 0 Å². The SMILES string of the molecule is CCCCOC(=O)c1cc2nc3cc(C)ccc3n2cc1C(C)(C)C. The molecule has 132 valence electrons. The molecule has 0 aliphatic rings. The van der Waals surface area contributed by atoms with Gasteiger partial charge < -0.3 is 4.74 Å². The topological polar surface area (TPSA) is 43.6 Å². The average molecular weight is 338 g/mol. The van der Waals surface area contributed by atoms with Crippen molar-refractivity contribution in [2.45, 2.75) is 52.9 Å². The number of pyridine rings is 1. The largest absolute Gasteiger partial charge is 0.462 e. The van der Waals surface area contributed by atoms with Crippen LogP contribution in [0.2, 0.25) is 0 Å². The number of esters is 1. The maximum Gasteiger partial charge on any atom is 0.338 e. The third-order valence-electron chi connectivity index (χ3n) is 4.45. The predicted octanol–water partition coefficient (Wildman–Crippen LogP) is 5.05. The number of hydrogen-bond acceptors (Lipinski definition) is 3. The lowest BCUT2D eigenvalue weighted by Crippen LogP contribution is -2.19. The molecule has 0 aliphatic carbocycles. The number of hydrogen-bond donors (Lipinski definition) is 0. The minimum absolute atomic E-state index is 0.172. The van der Waals surface area contributed by atoms with Gasteiger partial charge in [0.15, 0.2) is 0 Å². The number of fused-ring (bicyclic) bond motifs is 3. The van der Waals surface area contributed by atoms with Gasteiger partial charge in [-0.25, -0.2) is 9.78 Å². The van der Waals surface area contributed by atoms with Crippen LogP contribution in [0.15, 0.2) is 30.5 Å². The second-order valence-electron chi connectivity index (χ2n) is 7.67. The second kappa shape index (κ2) is 6.51. The van der Waals surface area contributed by atoms with Gasteiger partial charge in [0.2, 0.25) is 0 Å². The molecule has 0 aliphatic heterocycles. The lowest BCUT2D eigenvalue weighted by atomic mass is 9.85. The number of aryl methyl sites for hydroxylation is 1. The molecule has 25 heavy (non-hydrogen) atoms. The molecule has 3 aromatic rings. The fourth-order valence-corrected chi connectivity index (χ4v) is 3.02. The standard InChI is InChI=1S/C21H26N2O2/c1-6-7-10-25-20(24)15-12-19-22-17-11-14(2)8-9-18(17)23(19)13-16(15)21(3,4)5/h8-9,11-13H,6-7,10H2,1-5H3. The lowest BCUT2D eigenvalue weighted by molar-refractivity contribution is 0.0497. The maximum absolute atomic E-state index is 12.6. The summed E-state index contributed by atoms with van der Waals surface area (Å²) in [5, 5.41) is 0. The Morgan fingerprint density at radius 3 is 2.68 bits per heavy atom. The lowest BCUT2D eigenvalue weighted by Gasteiger charge is -2.22. The van der Waals surface area contributed by atoms with Crippen molar-refractivity contribution in [1.29, 1.82) is 0 Å². The summed E-state index contributed by atoms with van der Waals surface area (Å²) in [5.41, 5.74) is 5.36. The molecule has 0 amide bonds. The first-order valence-electron chi connectivity index (χ1n) is 8.91. The Morgan fingerprint density at radius 2 is 2.00 bits per heavy atom. The molecule has 1 aromatic carbocycles. The quantitative estimate of drug-likeness (QED) is 0.494. The first-order valence-corrected chi connectivity index (χ1v) is 8.91. The van der Waals surface area contributed by atoms with E-state index in [9.17, 15) is 4.79 Å². The summed E-state index contributed by atoms with van der Waals surface area (Å²) < 4.78 is 7.54. The number of carbonyl (C=O) groups is 1. The van der Waals surface area contributed by atoms with Gasteiger partial charge in [0.25, 0.3) is 0 Å². The van der Waals surface area contributed by atoms with E-state index in [2.05, 4.69) is 57.2 Å². The number of unbranched alkanes of at least 4 members (excludes halogenated alkanes) is 1. The number of aromatic nitrogens is 2. The molecule has 0 unspecified atom stereocenters. The molecule has 2 aromatic heterocycles. The number of carbonyl (C=O) groups excluding carboxylic acids is 1. The highest BCUT2D eigenvalue weighted by molar-refractivity contribution is 5.94. The van der Waals surface area contributed by atoms with E-state index in [1.54, 1.807) is 0 Å². The fraction of sp³-hybridized carbons (Fsp3) is 0.429. The highest BCUT2D eigenvalue weighted by atomic mass is 16.5. The van der Waals surface area contributed by atoms with Crippen LogP contribution in [0.1, 0.15) is 62.0 Å². The zero-order valence-corrected chi connectivity index (χ0v) is 15.7. The summed E-state index contributed by atoms with van der Waals surface area (Å²) in [6.07, 6.45) is 3.92. The highest BCUT2D eigenvalue weighted by Crippen LogP contribution is 2.29. The van der Waals surface area contributed by atoms with E-state index in [-0.39, 0.29) is 11.4 Å². The van der Waals surface area contributed by atoms with Gasteiger partial charge >= 0.3 is 5.97 Å². The Hall–Kier alpha value is -2.36. The Labute approximate surface area is 148 Å². The van der Waals surface area contributed by atoms with Crippen LogP contribution in [0.25, 0.3) is 16.7 Å². The summed E-state index contributed by atoms with van der Waals surface area (Å²) in [6.45, 7) is 10.9. The minimum Gasteiger partial charge on any atom is -0.462 e. The first kappa shape index (κ1) is 17.5. The Balaban J connectivity index is 2.17. The van der Waals surface area contributed by atoms with Crippen molar-refractivity contribution in [2.75, 3.05) is 6.61 Å². The van der Waals surface area contributed by atoms with Crippen molar-refractivity contribution in [3.05, 3.63) is 47.2 Å². The van der Waals surface area contributed by atoms with Gasteiger partial charge in [-0.15, -0.1) is 0 Å². The van der Waals surface area contributed by atoms with Gasteiger partial charge in [0, 0.05) is 6.20 Å². The van der Waals surface area contributed by atoms with E-state index < -0.39 is 0 Å². The zero-order chi connectivity index (χ0) is 18.2. The average Bonchev–Trinajstić information content (AvgIpc) is 2.89. The summed E-state index contributed by atoms with van der Waals surface area (Å²) in [4.78, 5) is 17.3. The molecular formula is C21H26N2O2. The summed E-state index contributed by atoms with van der Waals surface area (Å²) >= 11 is 0. The fourth-order valence-electron chi connectivity index (χ4n) is 3.02. The first-order chi connectivity index (χ1) is 11.8. The molecule has 0 saturated carbocycles. The van der Waals surface area contributed by atoms with E-state index in [4.69, 9.17) is 9.72 Å². The summed E-state index contributed by atoms with van der Waals surface area (Å²) in [7, 11) is 0. The van der Waals surface area contributed by atoms with E-state index in [0.717, 1.165) is 35.1 Å². The molecule has 0 N–H and O–H groups in total. The number of ether oxygens (including phenoxy) is 1. The highest BCUT2D eigenvalue weighted by Gasteiger charge is 2.24. The van der Waals surface area contributed by atoms with E-state index in [0.29, 0.717) is 12.2 Å². The third kappa shape index (κ3) is 3.39. The van der Waals surface area contributed by atoms with Crippen LogP contribution in [0.5, 0.6) is 0 Å². The Bertz CT molecular complexity index is 932. The van der Waals surface area contributed by atoms with Crippen LogP contribution >= 0.6 is 0 Å². The van der Waals surface area contributed by atoms with Crippen LogP contribution in [0, 0.1) is 6.92 Å². The monoisotopic (exact) mass is 338 g/mol. The second-order valence-corrected chi connectivity index (χ2v) is 7.67. The molecule has 4 heteroatoms. The van der Waals surface area contributed by atoms with Crippen molar-refractivity contribution >= 4 is 22.6 Å². The van der Waals surface area contributed by atoms with Gasteiger partial charge in [0.1, 0.15) is 5.65 Å².